The Balaban J connectivity index is 1.09. The third kappa shape index (κ3) is 5.65. The minimum Gasteiger partial charge on any atom is -0.264 e. The molecule has 7 aromatic carbocycles. The van der Waals surface area contributed by atoms with Gasteiger partial charge >= 0.3 is 0 Å². The Kier molecular flexibility index (Phi) is 8.04. The number of hydrogen-bond acceptors (Lipinski definition) is 3. The molecule has 1 aliphatic rings. The van der Waals surface area contributed by atoms with Gasteiger partial charge in [0.25, 0.3) is 0 Å². The molecule has 0 fully saturated rings. The molecule has 258 valence electrons. The summed E-state index contributed by atoms with van der Waals surface area (Å²) in [5, 5.41) is 0. The fourth-order valence-corrected chi connectivity index (χ4v) is 8.31. The lowest BCUT2D eigenvalue weighted by Gasteiger charge is -2.33. The van der Waals surface area contributed by atoms with Gasteiger partial charge in [-0.1, -0.05) is 176 Å². The largest absolute Gasteiger partial charge is 0.264 e. The maximum absolute atomic E-state index is 5.19. The maximum Gasteiger partial charge on any atom is 0.160 e. The van der Waals surface area contributed by atoms with Crippen LogP contribution in [0.5, 0.6) is 0 Å². The Bertz CT molecular complexity index is 2740. The van der Waals surface area contributed by atoms with Crippen molar-refractivity contribution in [2.75, 3.05) is 0 Å². The average molecular weight is 702 g/mol. The highest BCUT2D eigenvalue weighted by atomic mass is 14.9. The van der Waals surface area contributed by atoms with Gasteiger partial charge in [0.05, 0.1) is 16.8 Å². The molecule has 0 aliphatic heterocycles. The first-order valence-electron chi connectivity index (χ1n) is 18.7. The van der Waals surface area contributed by atoms with Crippen LogP contribution < -0.4 is 0 Å². The van der Waals surface area contributed by atoms with E-state index in [1.807, 2.05) is 18.3 Å². The molecular formula is C52H35N3. The van der Waals surface area contributed by atoms with Crippen molar-refractivity contribution in [2.24, 2.45) is 0 Å². The van der Waals surface area contributed by atoms with Crippen molar-refractivity contribution >= 4 is 0 Å². The zero-order valence-electron chi connectivity index (χ0n) is 30.0. The Labute approximate surface area is 321 Å². The summed E-state index contributed by atoms with van der Waals surface area (Å²) >= 11 is 0. The summed E-state index contributed by atoms with van der Waals surface area (Å²) in [7, 11) is 0. The summed E-state index contributed by atoms with van der Waals surface area (Å²) in [5.74, 6) is 0.687. The molecule has 3 nitrogen and oxygen atoms in total. The normalized spacial score (nSPS) is 12.5. The number of benzene rings is 7. The standard InChI is InChI=1S/C52H35N3/c1-4-14-37(15-5-1)49-34-50(55-51(54-49)38-27-25-36(26-28-38)42-18-13-31-53-35-42)41-17-12-16-39(32-41)40-29-30-48-46(33-40)45-23-10-11-24-47(45)52(48,43-19-6-2-7-20-43)44-21-8-3-9-22-44/h1-35H. The SMILES string of the molecule is c1ccc(-c2cc(-c3cccc(-c4ccc5c(c4)-c4ccccc4C5(c4ccccc4)c4ccccc4)c3)nc(-c3ccc(-c4cccnc4)cc3)n2)cc1. The quantitative estimate of drug-likeness (QED) is 0.166. The van der Waals surface area contributed by atoms with Gasteiger partial charge in [0, 0.05) is 29.1 Å². The molecule has 0 N–H and O–H groups in total. The molecule has 55 heavy (non-hydrogen) atoms. The molecule has 10 rings (SSSR count). The molecule has 0 saturated heterocycles. The molecular weight excluding hydrogens is 667 g/mol. The molecule has 0 spiro atoms. The van der Waals surface area contributed by atoms with Crippen LogP contribution in [0.25, 0.3) is 67.3 Å². The van der Waals surface area contributed by atoms with E-state index in [9.17, 15) is 0 Å². The fourth-order valence-electron chi connectivity index (χ4n) is 8.31. The summed E-state index contributed by atoms with van der Waals surface area (Å²) in [6, 6.07) is 71.5. The van der Waals surface area contributed by atoms with E-state index in [0.717, 1.165) is 50.3 Å². The van der Waals surface area contributed by atoms with E-state index in [4.69, 9.17) is 9.97 Å². The first-order chi connectivity index (χ1) is 27.3. The topological polar surface area (TPSA) is 38.7 Å². The molecule has 0 unspecified atom stereocenters. The van der Waals surface area contributed by atoms with Crippen molar-refractivity contribution in [3.63, 3.8) is 0 Å². The van der Waals surface area contributed by atoms with Gasteiger partial charge in [0.1, 0.15) is 0 Å². The number of rotatable bonds is 7. The van der Waals surface area contributed by atoms with Gasteiger partial charge in [-0.05, 0) is 79.9 Å². The fraction of sp³-hybridized carbons (Fsp3) is 0.0192. The molecule has 0 bridgehead atoms. The number of hydrogen-bond donors (Lipinski definition) is 0. The summed E-state index contributed by atoms with van der Waals surface area (Å²) in [4.78, 5) is 14.6. The maximum atomic E-state index is 5.19. The molecule has 2 aromatic heterocycles. The molecule has 0 atom stereocenters. The molecule has 0 saturated carbocycles. The monoisotopic (exact) mass is 701 g/mol. The van der Waals surface area contributed by atoms with Crippen LogP contribution >= 0.6 is 0 Å². The second-order valence-corrected chi connectivity index (χ2v) is 14.0. The van der Waals surface area contributed by atoms with Gasteiger partial charge in [-0.25, -0.2) is 9.97 Å². The lowest BCUT2D eigenvalue weighted by molar-refractivity contribution is 0.768. The van der Waals surface area contributed by atoms with Crippen molar-refractivity contribution in [2.45, 2.75) is 5.41 Å². The van der Waals surface area contributed by atoms with Crippen LogP contribution in [-0.4, -0.2) is 15.0 Å². The first-order valence-corrected chi connectivity index (χ1v) is 18.7. The van der Waals surface area contributed by atoms with Crippen molar-refractivity contribution < 1.29 is 0 Å². The van der Waals surface area contributed by atoms with Crippen LogP contribution in [0.2, 0.25) is 0 Å². The Morgan fingerprint density at radius 2 is 0.873 bits per heavy atom. The van der Waals surface area contributed by atoms with Gasteiger partial charge in [0.15, 0.2) is 5.82 Å². The molecule has 3 heteroatoms. The van der Waals surface area contributed by atoms with E-state index < -0.39 is 5.41 Å². The third-order valence-electron chi connectivity index (χ3n) is 10.9. The van der Waals surface area contributed by atoms with Gasteiger partial charge < -0.3 is 0 Å². The Morgan fingerprint density at radius 1 is 0.327 bits per heavy atom. The molecule has 0 radical (unpaired) electrons. The Hall–Kier alpha value is -7.23. The summed E-state index contributed by atoms with van der Waals surface area (Å²) in [6.45, 7) is 0. The van der Waals surface area contributed by atoms with E-state index in [1.165, 1.54) is 33.4 Å². The van der Waals surface area contributed by atoms with E-state index in [0.29, 0.717) is 5.82 Å². The van der Waals surface area contributed by atoms with Gasteiger partial charge in [0.2, 0.25) is 0 Å². The summed E-state index contributed by atoms with van der Waals surface area (Å²) in [6.07, 6.45) is 3.68. The predicted molar refractivity (Wildman–Crippen MR) is 224 cm³/mol. The number of fused-ring (bicyclic) bond motifs is 3. The highest BCUT2D eigenvalue weighted by molar-refractivity contribution is 5.89. The van der Waals surface area contributed by atoms with Crippen molar-refractivity contribution in [3.05, 3.63) is 235 Å². The minimum absolute atomic E-state index is 0.420. The van der Waals surface area contributed by atoms with Crippen LogP contribution in [0.4, 0.5) is 0 Å². The summed E-state index contributed by atoms with van der Waals surface area (Å²) < 4.78 is 0. The highest BCUT2D eigenvalue weighted by Crippen LogP contribution is 2.56. The van der Waals surface area contributed by atoms with Crippen LogP contribution in [-0.2, 0) is 5.41 Å². The number of pyridine rings is 1. The van der Waals surface area contributed by atoms with Crippen molar-refractivity contribution in [1.29, 1.82) is 0 Å². The van der Waals surface area contributed by atoms with Crippen LogP contribution in [0, 0.1) is 0 Å². The molecule has 0 amide bonds. The zero-order chi connectivity index (χ0) is 36.6. The van der Waals surface area contributed by atoms with E-state index in [1.54, 1.807) is 6.20 Å². The lowest BCUT2D eigenvalue weighted by Crippen LogP contribution is -2.28. The predicted octanol–water partition coefficient (Wildman–Crippen LogP) is 12.6. The van der Waals surface area contributed by atoms with Crippen molar-refractivity contribution in [1.82, 2.24) is 15.0 Å². The molecule has 1 aliphatic carbocycles. The Morgan fingerprint density at radius 3 is 1.58 bits per heavy atom. The zero-order valence-corrected chi connectivity index (χ0v) is 30.0. The minimum atomic E-state index is -0.420. The first kappa shape index (κ1) is 32.4. The lowest BCUT2D eigenvalue weighted by atomic mass is 9.67. The smallest absolute Gasteiger partial charge is 0.160 e. The van der Waals surface area contributed by atoms with Crippen LogP contribution in [0.1, 0.15) is 22.3 Å². The molecule has 9 aromatic rings. The number of aromatic nitrogens is 3. The second kappa shape index (κ2) is 13.6. The van der Waals surface area contributed by atoms with Gasteiger partial charge in [-0.3, -0.25) is 4.98 Å². The van der Waals surface area contributed by atoms with Crippen molar-refractivity contribution in [3.8, 4) is 67.3 Å². The highest BCUT2D eigenvalue weighted by Gasteiger charge is 2.45. The van der Waals surface area contributed by atoms with Gasteiger partial charge in [-0.2, -0.15) is 0 Å². The van der Waals surface area contributed by atoms with Crippen LogP contribution in [0.15, 0.2) is 213 Å². The molecule has 2 heterocycles. The third-order valence-corrected chi connectivity index (χ3v) is 10.9. The number of nitrogens with zero attached hydrogens (tertiary/aromatic N) is 3. The van der Waals surface area contributed by atoms with E-state index in [2.05, 4.69) is 193 Å². The average Bonchev–Trinajstić information content (AvgIpc) is 3.58. The van der Waals surface area contributed by atoms with E-state index in [-0.39, 0.29) is 0 Å². The van der Waals surface area contributed by atoms with E-state index >= 15 is 0 Å². The van der Waals surface area contributed by atoms with Gasteiger partial charge in [-0.15, -0.1) is 0 Å². The second-order valence-electron chi connectivity index (χ2n) is 14.0. The van der Waals surface area contributed by atoms with Crippen LogP contribution in [0.3, 0.4) is 0 Å². The summed E-state index contributed by atoms with van der Waals surface area (Å²) in [5.41, 5.74) is 16.5.